The average Bonchev–Trinajstić information content (AvgIpc) is 3.38. The van der Waals surface area contributed by atoms with Gasteiger partial charge in [0.2, 0.25) is 11.9 Å². The lowest BCUT2D eigenvalue weighted by molar-refractivity contribution is -0.113. The zero-order valence-corrected chi connectivity index (χ0v) is 18.6. The van der Waals surface area contributed by atoms with E-state index in [2.05, 4.69) is 20.4 Å². The quantitative estimate of drug-likeness (QED) is 0.553. The van der Waals surface area contributed by atoms with E-state index in [1.165, 1.54) is 11.8 Å². The normalized spacial score (nSPS) is 13.6. The highest BCUT2D eigenvalue weighted by molar-refractivity contribution is 7.99. The lowest BCUT2D eigenvalue weighted by Gasteiger charge is -2.18. The minimum Gasteiger partial charge on any atom is -0.341 e. The second-order valence-corrected chi connectivity index (χ2v) is 8.83. The van der Waals surface area contributed by atoms with E-state index in [-0.39, 0.29) is 11.7 Å². The van der Waals surface area contributed by atoms with E-state index in [4.69, 9.17) is 11.6 Å². The Bertz CT molecular complexity index is 1060. The summed E-state index contributed by atoms with van der Waals surface area (Å²) in [5.74, 6) is 0.968. The van der Waals surface area contributed by atoms with Gasteiger partial charge in [-0.05, 0) is 62.1 Å². The minimum absolute atomic E-state index is 0.0722. The molecule has 1 aromatic heterocycles. The number of aryl methyl sites for hydroxylation is 2. The number of halogens is 1. The number of aromatic nitrogens is 3. The Labute approximate surface area is 185 Å². The molecule has 0 bridgehead atoms. The number of amides is 1. The molecule has 1 aliphatic rings. The number of nitrogens with zero attached hydrogens (tertiary/aromatic N) is 4. The van der Waals surface area contributed by atoms with E-state index in [9.17, 15) is 4.79 Å². The molecule has 6 nitrogen and oxygen atoms in total. The molecule has 1 aliphatic heterocycles. The summed E-state index contributed by atoms with van der Waals surface area (Å²) in [7, 11) is 0. The van der Waals surface area contributed by atoms with Crippen LogP contribution in [0.4, 0.5) is 11.6 Å². The molecule has 0 unspecified atom stereocenters. The Morgan fingerprint density at radius 2 is 1.93 bits per heavy atom. The maximum absolute atomic E-state index is 12.6. The summed E-state index contributed by atoms with van der Waals surface area (Å²) < 4.78 is 1.99. The Kier molecular flexibility index (Phi) is 6.29. The minimum atomic E-state index is -0.0722. The molecule has 4 rings (SSSR count). The van der Waals surface area contributed by atoms with Gasteiger partial charge in [-0.25, -0.2) is 0 Å². The summed E-state index contributed by atoms with van der Waals surface area (Å²) in [5, 5.41) is 13.2. The maximum atomic E-state index is 12.6. The first-order valence-corrected chi connectivity index (χ1v) is 11.3. The number of rotatable bonds is 6. The number of thioether (sulfide) groups is 1. The fraction of sp³-hybridized carbons (Fsp3) is 0.318. The smallest absolute Gasteiger partial charge is 0.234 e. The molecule has 2 aromatic carbocycles. The van der Waals surface area contributed by atoms with Crippen LogP contribution in [0.5, 0.6) is 0 Å². The van der Waals surface area contributed by atoms with Crippen molar-refractivity contribution in [3.63, 3.8) is 0 Å². The first-order chi connectivity index (χ1) is 14.5. The SMILES string of the molecule is Cc1ccc(C)c(NC(=O)CSc2nnc(N3CCCC3)n2-c2cccc(Cl)c2)c1. The van der Waals surface area contributed by atoms with E-state index in [1.807, 2.05) is 60.9 Å². The van der Waals surface area contributed by atoms with Crippen LogP contribution in [0, 0.1) is 13.8 Å². The van der Waals surface area contributed by atoms with Gasteiger partial charge in [0, 0.05) is 23.8 Å². The Balaban J connectivity index is 1.55. The van der Waals surface area contributed by atoms with Gasteiger partial charge in [0.1, 0.15) is 0 Å². The van der Waals surface area contributed by atoms with Gasteiger partial charge in [0.05, 0.1) is 11.4 Å². The number of benzene rings is 2. The molecule has 8 heteroatoms. The van der Waals surface area contributed by atoms with Gasteiger partial charge in [-0.15, -0.1) is 10.2 Å². The number of anilines is 2. The Morgan fingerprint density at radius 1 is 1.13 bits per heavy atom. The number of carbonyl (C=O) groups excluding carboxylic acids is 1. The molecular weight excluding hydrogens is 418 g/mol. The topological polar surface area (TPSA) is 63.1 Å². The summed E-state index contributed by atoms with van der Waals surface area (Å²) >= 11 is 7.61. The highest BCUT2D eigenvalue weighted by Gasteiger charge is 2.23. The summed E-state index contributed by atoms with van der Waals surface area (Å²) in [6.07, 6.45) is 2.28. The average molecular weight is 442 g/mol. The van der Waals surface area contributed by atoms with Crippen LogP contribution in [-0.4, -0.2) is 39.5 Å². The van der Waals surface area contributed by atoms with E-state index < -0.39 is 0 Å². The standard InChI is InChI=1S/C22H24ClN5OS/c1-15-8-9-16(2)19(12-15)24-20(29)14-30-22-26-25-21(27-10-3-4-11-27)28(22)18-7-5-6-17(23)13-18/h5-9,12-13H,3-4,10-11,14H2,1-2H3,(H,24,29). The fourth-order valence-corrected chi connectivity index (χ4v) is 4.44. The first kappa shape index (κ1) is 20.8. The van der Waals surface area contributed by atoms with Gasteiger partial charge in [-0.1, -0.05) is 41.6 Å². The molecule has 0 radical (unpaired) electrons. The van der Waals surface area contributed by atoms with Crippen LogP contribution < -0.4 is 10.2 Å². The predicted molar refractivity (Wildman–Crippen MR) is 123 cm³/mol. The largest absolute Gasteiger partial charge is 0.341 e. The molecule has 1 N–H and O–H groups in total. The second-order valence-electron chi connectivity index (χ2n) is 7.45. The van der Waals surface area contributed by atoms with Crippen molar-refractivity contribution in [2.75, 3.05) is 29.1 Å². The lowest BCUT2D eigenvalue weighted by Crippen LogP contribution is -2.22. The van der Waals surface area contributed by atoms with E-state index in [0.29, 0.717) is 10.2 Å². The van der Waals surface area contributed by atoms with Crippen molar-refractivity contribution in [2.45, 2.75) is 31.8 Å². The number of hydrogen-bond acceptors (Lipinski definition) is 5. The van der Waals surface area contributed by atoms with Crippen molar-refractivity contribution >= 4 is 40.9 Å². The van der Waals surface area contributed by atoms with Crippen LogP contribution in [0.3, 0.4) is 0 Å². The van der Waals surface area contributed by atoms with E-state index in [0.717, 1.165) is 54.4 Å². The van der Waals surface area contributed by atoms with Crippen LogP contribution >= 0.6 is 23.4 Å². The van der Waals surface area contributed by atoms with Gasteiger partial charge in [-0.3, -0.25) is 9.36 Å². The van der Waals surface area contributed by atoms with E-state index >= 15 is 0 Å². The molecule has 0 atom stereocenters. The summed E-state index contributed by atoms with van der Waals surface area (Å²) in [4.78, 5) is 14.8. The summed E-state index contributed by atoms with van der Waals surface area (Å²) in [6.45, 7) is 5.91. The molecule has 30 heavy (non-hydrogen) atoms. The van der Waals surface area contributed by atoms with Gasteiger partial charge < -0.3 is 10.2 Å². The van der Waals surface area contributed by atoms with Crippen LogP contribution in [0.25, 0.3) is 5.69 Å². The van der Waals surface area contributed by atoms with Gasteiger partial charge in [0.15, 0.2) is 5.16 Å². The summed E-state index contributed by atoms with van der Waals surface area (Å²) in [5.41, 5.74) is 3.89. The number of nitrogens with one attached hydrogen (secondary N) is 1. The molecule has 0 spiro atoms. The lowest BCUT2D eigenvalue weighted by atomic mass is 10.1. The molecular formula is C22H24ClN5OS. The van der Waals surface area contributed by atoms with Crippen molar-refractivity contribution in [1.29, 1.82) is 0 Å². The van der Waals surface area contributed by atoms with Crippen molar-refractivity contribution in [3.8, 4) is 5.69 Å². The van der Waals surface area contributed by atoms with Gasteiger partial charge in [0.25, 0.3) is 0 Å². The zero-order valence-electron chi connectivity index (χ0n) is 17.1. The zero-order chi connectivity index (χ0) is 21.1. The summed E-state index contributed by atoms with van der Waals surface area (Å²) in [6, 6.07) is 13.7. The third kappa shape index (κ3) is 4.63. The van der Waals surface area contributed by atoms with E-state index in [1.54, 1.807) is 0 Å². The van der Waals surface area contributed by atoms with Crippen LogP contribution in [-0.2, 0) is 4.79 Å². The fourth-order valence-electron chi connectivity index (χ4n) is 3.51. The molecule has 0 saturated carbocycles. The molecule has 2 heterocycles. The third-order valence-electron chi connectivity index (χ3n) is 5.07. The van der Waals surface area contributed by atoms with Crippen molar-refractivity contribution in [1.82, 2.24) is 14.8 Å². The highest BCUT2D eigenvalue weighted by atomic mass is 35.5. The predicted octanol–water partition coefficient (Wildman–Crippen LogP) is 4.87. The monoisotopic (exact) mass is 441 g/mol. The van der Waals surface area contributed by atoms with Crippen molar-refractivity contribution < 1.29 is 4.79 Å². The second kappa shape index (κ2) is 9.10. The number of hydrogen-bond donors (Lipinski definition) is 1. The molecule has 1 fully saturated rings. The maximum Gasteiger partial charge on any atom is 0.234 e. The molecule has 1 saturated heterocycles. The number of carbonyl (C=O) groups is 1. The Morgan fingerprint density at radius 3 is 2.70 bits per heavy atom. The van der Waals surface area contributed by atoms with Crippen molar-refractivity contribution in [3.05, 3.63) is 58.6 Å². The third-order valence-corrected chi connectivity index (χ3v) is 6.24. The van der Waals surface area contributed by atoms with Gasteiger partial charge >= 0.3 is 0 Å². The highest BCUT2D eigenvalue weighted by Crippen LogP contribution is 2.29. The van der Waals surface area contributed by atoms with Crippen LogP contribution in [0.15, 0.2) is 47.6 Å². The van der Waals surface area contributed by atoms with Gasteiger partial charge in [-0.2, -0.15) is 0 Å². The van der Waals surface area contributed by atoms with Crippen LogP contribution in [0.1, 0.15) is 24.0 Å². The Hall–Kier alpha value is -2.51. The van der Waals surface area contributed by atoms with Crippen LogP contribution in [0.2, 0.25) is 5.02 Å². The molecule has 3 aromatic rings. The molecule has 1 amide bonds. The van der Waals surface area contributed by atoms with Crippen molar-refractivity contribution in [2.24, 2.45) is 0 Å². The molecule has 156 valence electrons. The first-order valence-electron chi connectivity index (χ1n) is 9.97. The molecule has 0 aliphatic carbocycles.